The molecule has 2 heterocycles. The molecular weight excluding hydrogens is 461 g/mol. The largest absolute Gasteiger partial charge is 0.471 e. The monoisotopic (exact) mass is 490 g/mol. The summed E-state index contributed by atoms with van der Waals surface area (Å²) in [6.45, 7) is 9.99. The summed E-state index contributed by atoms with van der Waals surface area (Å²) in [7, 11) is -2.08. The van der Waals surface area contributed by atoms with Gasteiger partial charge in [0.05, 0.1) is 24.8 Å². The molecule has 1 aliphatic heterocycles. The van der Waals surface area contributed by atoms with Crippen molar-refractivity contribution >= 4 is 20.0 Å². The second-order valence-corrected chi connectivity index (χ2v) is 14.0. The first-order chi connectivity index (χ1) is 15.0. The molecular formula is C20H29F3N4O5Si. The van der Waals surface area contributed by atoms with E-state index in [0.717, 1.165) is 4.57 Å². The maximum atomic E-state index is 12.3. The van der Waals surface area contributed by atoms with Crippen LogP contribution >= 0.6 is 0 Å². The number of halogens is 3. The summed E-state index contributed by atoms with van der Waals surface area (Å²) in [4.78, 5) is 26.8. The molecule has 13 heteroatoms. The zero-order chi connectivity index (χ0) is 25.2. The average molecular weight is 491 g/mol. The van der Waals surface area contributed by atoms with Crippen LogP contribution in [0.5, 0.6) is 0 Å². The lowest BCUT2D eigenvalue weighted by Crippen LogP contribution is -2.43. The molecule has 1 aromatic heterocycles. The number of aliphatic hydroxyl groups is 1. The predicted molar refractivity (Wildman–Crippen MR) is 117 cm³/mol. The molecule has 0 radical (unpaired) electrons. The minimum absolute atomic E-state index is 0.0269. The number of aliphatic hydroxyl groups excluding tert-OH is 1. The Kier molecular flexibility index (Phi) is 8.00. The third kappa shape index (κ3) is 6.79. The number of carbonyl (C=O) groups excluding carboxylic acids is 1. The highest BCUT2D eigenvalue weighted by molar-refractivity contribution is 6.74. The van der Waals surface area contributed by atoms with Crippen LogP contribution in [0.2, 0.25) is 18.1 Å². The van der Waals surface area contributed by atoms with Crippen LogP contribution in [0, 0.1) is 11.8 Å². The van der Waals surface area contributed by atoms with E-state index in [9.17, 15) is 27.9 Å². The van der Waals surface area contributed by atoms with Crippen LogP contribution < -0.4 is 16.7 Å². The standard InChI is InChI=1S/C20H29F3N4O5Si/c1-19(2,3)33(4,5)31-11-14-13(28)9-15(32-14)27-10-12(16(24)26-18(27)30)7-6-8-25-17(29)20(21,22)23/h10,13-15,28H,8-9,11H2,1-5H3,(H,25,29)(H2,24,26,30)/t13?,14-,15-/m1/s1. The smallest absolute Gasteiger partial charge is 0.414 e. The molecule has 0 aliphatic carbocycles. The van der Waals surface area contributed by atoms with E-state index in [0.29, 0.717) is 0 Å². The van der Waals surface area contributed by atoms with Crippen molar-refractivity contribution in [3.63, 3.8) is 0 Å². The van der Waals surface area contributed by atoms with E-state index in [2.05, 4.69) is 50.7 Å². The second kappa shape index (κ2) is 9.84. The van der Waals surface area contributed by atoms with E-state index in [1.807, 2.05) is 0 Å². The van der Waals surface area contributed by atoms with E-state index in [1.165, 1.54) is 6.20 Å². The molecule has 3 atom stereocenters. The van der Waals surface area contributed by atoms with Crippen molar-refractivity contribution in [3.05, 3.63) is 22.2 Å². The highest BCUT2D eigenvalue weighted by Gasteiger charge is 2.41. The van der Waals surface area contributed by atoms with Crippen molar-refractivity contribution in [2.45, 2.75) is 69.9 Å². The lowest BCUT2D eigenvalue weighted by atomic mass is 10.2. The molecule has 0 spiro atoms. The number of ether oxygens (including phenoxy) is 1. The lowest BCUT2D eigenvalue weighted by molar-refractivity contribution is -0.173. The molecule has 0 saturated carbocycles. The van der Waals surface area contributed by atoms with E-state index in [-0.39, 0.29) is 29.4 Å². The fourth-order valence-corrected chi connectivity index (χ4v) is 3.70. The second-order valence-electron chi connectivity index (χ2n) is 9.22. The maximum Gasteiger partial charge on any atom is 0.471 e. The van der Waals surface area contributed by atoms with Crippen molar-refractivity contribution in [1.29, 1.82) is 0 Å². The normalized spacial score (nSPS) is 21.4. The summed E-state index contributed by atoms with van der Waals surface area (Å²) in [5.74, 6) is 2.47. The van der Waals surface area contributed by atoms with Gasteiger partial charge in [0.1, 0.15) is 18.1 Å². The lowest BCUT2D eigenvalue weighted by Gasteiger charge is -2.37. The summed E-state index contributed by atoms with van der Waals surface area (Å²) in [6.07, 6.45) is -6.03. The summed E-state index contributed by atoms with van der Waals surface area (Å²) < 4.78 is 49.7. The molecule has 0 aromatic carbocycles. The molecule has 0 bridgehead atoms. The van der Waals surface area contributed by atoms with E-state index in [4.69, 9.17) is 14.9 Å². The molecule has 2 rings (SSSR count). The van der Waals surface area contributed by atoms with Crippen LogP contribution in [-0.4, -0.2) is 60.4 Å². The van der Waals surface area contributed by atoms with Gasteiger partial charge < -0.3 is 25.3 Å². The number of aromatic nitrogens is 2. The summed E-state index contributed by atoms with van der Waals surface area (Å²) in [5, 5.41) is 12.0. The summed E-state index contributed by atoms with van der Waals surface area (Å²) >= 11 is 0. The van der Waals surface area contributed by atoms with Crippen LogP contribution in [0.3, 0.4) is 0 Å². The summed E-state index contributed by atoms with van der Waals surface area (Å²) in [5.41, 5.74) is 5.03. The zero-order valence-electron chi connectivity index (χ0n) is 19.1. The molecule has 9 nitrogen and oxygen atoms in total. The van der Waals surface area contributed by atoms with Crippen molar-refractivity contribution in [2.24, 2.45) is 0 Å². The zero-order valence-corrected chi connectivity index (χ0v) is 20.1. The number of nitrogens with zero attached hydrogens (tertiary/aromatic N) is 2. The number of nitrogens with two attached hydrogens (primary N) is 1. The SMILES string of the molecule is CC(C)(C)[Si](C)(C)OC[C@H]1O[C@@H](n2cc(C#CCNC(=O)C(F)(F)F)c(N)nc2=O)CC1O. The molecule has 1 saturated heterocycles. The van der Waals surface area contributed by atoms with Crippen molar-refractivity contribution in [1.82, 2.24) is 14.9 Å². The number of carbonyl (C=O) groups is 1. The van der Waals surface area contributed by atoms with Gasteiger partial charge in [-0.2, -0.15) is 18.2 Å². The highest BCUT2D eigenvalue weighted by Crippen LogP contribution is 2.37. The van der Waals surface area contributed by atoms with Crippen LogP contribution in [0.25, 0.3) is 0 Å². The third-order valence-electron chi connectivity index (χ3n) is 5.73. The van der Waals surface area contributed by atoms with E-state index in [1.54, 1.807) is 5.32 Å². The van der Waals surface area contributed by atoms with Gasteiger partial charge in [0.25, 0.3) is 0 Å². The number of alkyl halides is 3. The molecule has 1 unspecified atom stereocenters. The Morgan fingerprint density at radius 1 is 1.42 bits per heavy atom. The molecule has 1 fully saturated rings. The van der Waals surface area contributed by atoms with Crippen LogP contribution in [0.4, 0.5) is 19.0 Å². The van der Waals surface area contributed by atoms with Gasteiger partial charge in [-0.1, -0.05) is 32.6 Å². The minimum atomic E-state index is -5.01. The first-order valence-electron chi connectivity index (χ1n) is 10.2. The Labute approximate surface area is 190 Å². The number of nitrogens with one attached hydrogen (secondary N) is 1. The number of hydrogen-bond donors (Lipinski definition) is 3. The van der Waals surface area contributed by atoms with Gasteiger partial charge in [-0.15, -0.1) is 0 Å². The summed E-state index contributed by atoms with van der Waals surface area (Å²) in [6, 6.07) is 0. The Morgan fingerprint density at radius 2 is 2.06 bits per heavy atom. The number of nitrogen functional groups attached to an aromatic ring is 1. The first-order valence-corrected chi connectivity index (χ1v) is 13.1. The average Bonchev–Trinajstić information content (AvgIpc) is 3.03. The van der Waals surface area contributed by atoms with Gasteiger partial charge in [-0.3, -0.25) is 9.36 Å². The van der Waals surface area contributed by atoms with Crippen molar-refractivity contribution in [3.8, 4) is 11.8 Å². The van der Waals surface area contributed by atoms with Gasteiger partial charge in [-0.05, 0) is 18.1 Å². The number of rotatable bonds is 5. The van der Waals surface area contributed by atoms with Gasteiger partial charge >= 0.3 is 17.8 Å². The Hall–Kier alpha value is -2.40. The minimum Gasteiger partial charge on any atom is -0.414 e. The fraction of sp³-hybridized carbons (Fsp3) is 0.650. The molecule has 1 aromatic rings. The first kappa shape index (κ1) is 26.8. The molecule has 4 N–H and O–H groups in total. The van der Waals surface area contributed by atoms with E-state index < -0.39 is 51.1 Å². The Morgan fingerprint density at radius 3 is 2.64 bits per heavy atom. The predicted octanol–water partition coefficient (Wildman–Crippen LogP) is 1.53. The third-order valence-corrected chi connectivity index (χ3v) is 10.2. The Bertz CT molecular complexity index is 995. The number of hydrogen-bond acceptors (Lipinski definition) is 7. The molecule has 1 amide bonds. The van der Waals surface area contributed by atoms with Crippen LogP contribution in [0.15, 0.2) is 11.0 Å². The quantitative estimate of drug-likeness (QED) is 0.422. The van der Waals surface area contributed by atoms with Crippen molar-refractivity contribution < 1.29 is 32.2 Å². The molecule has 184 valence electrons. The highest BCUT2D eigenvalue weighted by atomic mass is 28.4. The van der Waals surface area contributed by atoms with Gasteiger partial charge in [0, 0.05) is 12.6 Å². The maximum absolute atomic E-state index is 12.3. The van der Waals surface area contributed by atoms with Gasteiger partial charge in [-0.25, -0.2) is 4.79 Å². The molecule has 1 aliphatic rings. The van der Waals surface area contributed by atoms with Crippen LogP contribution in [-0.2, 0) is 14.0 Å². The van der Waals surface area contributed by atoms with E-state index >= 15 is 0 Å². The Balaban J connectivity index is 2.11. The fourth-order valence-electron chi connectivity index (χ4n) is 2.69. The van der Waals surface area contributed by atoms with Crippen molar-refractivity contribution in [2.75, 3.05) is 18.9 Å². The van der Waals surface area contributed by atoms with Gasteiger partial charge in [0.2, 0.25) is 0 Å². The van der Waals surface area contributed by atoms with Gasteiger partial charge in [0.15, 0.2) is 8.32 Å². The number of amides is 1. The topological polar surface area (TPSA) is 129 Å². The van der Waals surface area contributed by atoms with Crippen LogP contribution in [0.1, 0.15) is 39.0 Å². The molecule has 33 heavy (non-hydrogen) atoms. The number of anilines is 1.